The van der Waals surface area contributed by atoms with Crippen molar-refractivity contribution in [2.45, 2.75) is 43.7 Å². The number of allylic oxidation sites excluding steroid dienone is 1. The van der Waals surface area contributed by atoms with Crippen molar-refractivity contribution in [1.82, 2.24) is 4.57 Å². The quantitative estimate of drug-likeness (QED) is 0.544. The molecule has 31 heavy (non-hydrogen) atoms. The number of hydrogen-bond donors (Lipinski definition) is 0. The number of piperidine rings is 1. The second-order valence-corrected chi connectivity index (χ2v) is 8.96. The standard InChI is InChI=1S/C24H27ClF3N3/c1-17(16-18-8-9-18)31-13-10-20(21(25)22(31)29-2)30-14-11-23(12-15-30,24(26,27)28)19-6-4-3-5-7-19/h3-7,10,13,18H,1,8-9,11-12,14-16H2,2H3. The number of rotatable bonds is 5. The van der Waals surface area contributed by atoms with Crippen LogP contribution < -0.4 is 10.4 Å². The van der Waals surface area contributed by atoms with Crippen LogP contribution in [0.2, 0.25) is 5.02 Å². The molecule has 1 saturated carbocycles. The predicted molar refractivity (Wildman–Crippen MR) is 119 cm³/mol. The maximum Gasteiger partial charge on any atom is 0.398 e. The molecule has 1 aliphatic carbocycles. The van der Waals surface area contributed by atoms with E-state index in [1.807, 2.05) is 21.7 Å². The normalized spacial score (nSPS) is 19.5. The van der Waals surface area contributed by atoms with Gasteiger partial charge in [-0.1, -0.05) is 48.5 Å². The van der Waals surface area contributed by atoms with E-state index in [9.17, 15) is 13.2 Å². The molecule has 0 spiro atoms. The second kappa shape index (κ2) is 8.38. The van der Waals surface area contributed by atoms with Gasteiger partial charge >= 0.3 is 6.18 Å². The number of aromatic nitrogens is 1. The maximum absolute atomic E-state index is 14.2. The number of pyridine rings is 1. The Morgan fingerprint density at radius 3 is 2.35 bits per heavy atom. The van der Waals surface area contributed by atoms with E-state index in [0.717, 1.165) is 17.8 Å². The van der Waals surface area contributed by atoms with Crippen LogP contribution in [-0.2, 0) is 5.41 Å². The molecular weight excluding hydrogens is 423 g/mol. The van der Waals surface area contributed by atoms with Gasteiger partial charge in [0.2, 0.25) is 0 Å². The molecule has 0 bridgehead atoms. The Morgan fingerprint density at radius 2 is 1.81 bits per heavy atom. The zero-order valence-corrected chi connectivity index (χ0v) is 18.4. The first kappa shape index (κ1) is 22.0. The number of halogens is 4. The largest absolute Gasteiger partial charge is 0.398 e. The van der Waals surface area contributed by atoms with Gasteiger partial charge in [-0.05, 0) is 49.7 Å². The van der Waals surface area contributed by atoms with Crippen LogP contribution in [0, 0.1) is 5.92 Å². The molecule has 2 aromatic rings. The average Bonchev–Trinajstić information content (AvgIpc) is 3.57. The van der Waals surface area contributed by atoms with Gasteiger partial charge in [-0.2, -0.15) is 13.2 Å². The van der Waals surface area contributed by atoms with Crippen molar-refractivity contribution in [3.63, 3.8) is 0 Å². The third-order valence-corrected chi connectivity index (χ3v) is 6.99. The summed E-state index contributed by atoms with van der Waals surface area (Å²) in [6.07, 6.45) is 0.890. The summed E-state index contributed by atoms with van der Waals surface area (Å²) in [5, 5.41) is 0.459. The molecule has 0 amide bonds. The van der Waals surface area contributed by atoms with Crippen LogP contribution >= 0.6 is 11.6 Å². The molecule has 2 heterocycles. The molecule has 1 aliphatic heterocycles. The fourth-order valence-corrected chi connectivity index (χ4v) is 4.95. The minimum Gasteiger partial charge on any atom is -0.370 e. The Balaban J connectivity index is 1.60. The first-order chi connectivity index (χ1) is 14.8. The zero-order chi connectivity index (χ0) is 22.2. The monoisotopic (exact) mass is 449 g/mol. The van der Waals surface area contributed by atoms with Gasteiger partial charge in [0.25, 0.3) is 0 Å². The van der Waals surface area contributed by atoms with E-state index < -0.39 is 11.6 Å². The van der Waals surface area contributed by atoms with Crippen molar-refractivity contribution in [1.29, 1.82) is 0 Å². The third kappa shape index (κ3) is 4.14. The molecule has 0 radical (unpaired) electrons. The molecule has 4 rings (SSSR count). The zero-order valence-electron chi connectivity index (χ0n) is 17.6. The van der Waals surface area contributed by atoms with Crippen LogP contribution in [0.15, 0.2) is 54.2 Å². The van der Waals surface area contributed by atoms with Gasteiger partial charge in [0.1, 0.15) is 5.02 Å². The molecule has 0 atom stereocenters. The van der Waals surface area contributed by atoms with Gasteiger partial charge in [-0.25, -0.2) is 0 Å². The summed E-state index contributed by atoms with van der Waals surface area (Å²) in [6.45, 7) is 4.72. The van der Waals surface area contributed by atoms with Crippen molar-refractivity contribution < 1.29 is 13.2 Å². The molecule has 7 heteroatoms. The Labute approximate surface area is 185 Å². The molecule has 166 valence electrons. The molecule has 1 saturated heterocycles. The first-order valence-electron chi connectivity index (χ1n) is 10.7. The van der Waals surface area contributed by atoms with Crippen LogP contribution in [0.5, 0.6) is 0 Å². The number of nitrogens with zero attached hydrogens (tertiary/aromatic N) is 3. The summed E-state index contributed by atoms with van der Waals surface area (Å²) in [7, 11) is 1.67. The molecule has 2 fully saturated rings. The fraction of sp³-hybridized carbons (Fsp3) is 0.458. The van der Waals surface area contributed by atoms with E-state index in [4.69, 9.17) is 11.6 Å². The highest BCUT2D eigenvalue weighted by Gasteiger charge is 2.56. The Morgan fingerprint density at radius 1 is 1.16 bits per heavy atom. The van der Waals surface area contributed by atoms with E-state index in [1.54, 1.807) is 37.4 Å². The van der Waals surface area contributed by atoms with Crippen molar-refractivity contribution in [2.75, 3.05) is 25.0 Å². The number of hydrogen-bond acceptors (Lipinski definition) is 2. The van der Waals surface area contributed by atoms with Crippen molar-refractivity contribution >= 4 is 23.0 Å². The Bertz CT molecular complexity index is 1010. The predicted octanol–water partition coefficient (Wildman–Crippen LogP) is 6.04. The second-order valence-electron chi connectivity index (χ2n) is 8.58. The van der Waals surface area contributed by atoms with Crippen molar-refractivity contribution in [2.24, 2.45) is 10.9 Å². The van der Waals surface area contributed by atoms with Crippen LogP contribution in [0.4, 0.5) is 18.9 Å². The minimum atomic E-state index is -4.31. The van der Waals surface area contributed by atoms with E-state index in [1.165, 1.54) is 12.8 Å². The lowest BCUT2D eigenvalue weighted by molar-refractivity contribution is -0.196. The number of anilines is 1. The summed E-state index contributed by atoms with van der Waals surface area (Å²) in [4.78, 5) is 6.30. The van der Waals surface area contributed by atoms with E-state index >= 15 is 0 Å². The lowest BCUT2D eigenvalue weighted by Crippen LogP contribution is -2.51. The summed E-state index contributed by atoms with van der Waals surface area (Å²) in [5.41, 5.74) is 0.764. The van der Waals surface area contributed by atoms with Crippen LogP contribution in [0.1, 0.15) is 37.7 Å². The van der Waals surface area contributed by atoms with Gasteiger partial charge in [-0.3, -0.25) is 4.99 Å². The molecule has 0 unspecified atom stereocenters. The molecule has 0 N–H and O–H groups in total. The SMILES string of the molecule is C=C(CC1CC1)n1ccc(N2CCC(c3ccccc3)(C(F)(F)F)CC2)c(Cl)c1=NC. The van der Waals surface area contributed by atoms with Gasteiger partial charge in [0, 0.05) is 32.0 Å². The lowest BCUT2D eigenvalue weighted by Gasteiger charge is -2.44. The average molecular weight is 450 g/mol. The van der Waals surface area contributed by atoms with Gasteiger partial charge in [0.05, 0.1) is 11.1 Å². The van der Waals surface area contributed by atoms with Crippen LogP contribution in [0.25, 0.3) is 5.70 Å². The Hall–Kier alpha value is -2.21. The number of alkyl halides is 3. The van der Waals surface area contributed by atoms with Crippen molar-refractivity contribution in [3.8, 4) is 0 Å². The van der Waals surface area contributed by atoms with E-state index in [0.29, 0.717) is 22.0 Å². The summed E-state index contributed by atoms with van der Waals surface area (Å²) < 4.78 is 44.5. The van der Waals surface area contributed by atoms with Crippen LogP contribution in [-0.4, -0.2) is 30.9 Å². The van der Waals surface area contributed by atoms with Gasteiger partial charge < -0.3 is 9.47 Å². The molecule has 1 aromatic carbocycles. The Kier molecular flexibility index (Phi) is 5.95. The highest BCUT2D eigenvalue weighted by atomic mass is 35.5. The molecule has 2 aliphatic rings. The third-order valence-electron chi connectivity index (χ3n) is 6.63. The molecule has 1 aromatic heterocycles. The minimum absolute atomic E-state index is 0.0152. The highest BCUT2D eigenvalue weighted by molar-refractivity contribution is 6.33. The highest BCUT2D eigenvalue weighted by Crippen LogP contribution is 2.49. The smallest absolute Gasteiger partial charge is 0.370 e. The first-order valence-corrected chi connectivity index (χ1v) is 11.0. The summed E-state index contributed by atoms with van der Waals surface area (Å²) in [5.74, 6) is 0.679. The van der Waals surface area contributed by atoms with Gasteiger partial charge in [-0.15, -0.1) is 0 Å². The topological polar surface area (TPSA) is 20.5 Å². The molecule has 3 nitrogen and oxygen atoms in total. The van der Waals surface area contributed by atoms with Crippen molar-refractivity contribution in [3.05, 3.63) is 65.2 Å². The summed E-state index contributed by atoms with van der Waals surface area (Å²) in [6, 6.07) is 10.1. The van der Waals surface area contributed by atoms with Gasteiger partial charge in [0.15, 0.2) is 5.49 Å². The van der Waals surface area contributed by atoms with E-state index in [-0.39, 0.29) is 25.9 Å². The maximum atomic E-state index is 14.2. The van der Waals surface area contributed by atoms with Crippen LogP contribution in [0.3, 0.4) is 0 Å². The summed E-state index contributed by atoms with van der Waals surface area (Å²) >= 11 is 6.70. The number of benzene rings is 1. The lowest BCUT2D eigenvalue weighted by atomic mass is 9.72. The van der Waals surface area contributed by atoms with E-state index in [2.05, 4.69) is 11.6 Å². The fourth-order valence-electron chi connectivity index (χ4n) is 4.59. The molecular formula is C24H27ClF3N3.